The average molecular weight is 1310 g/mol. The van der Waals surface area contributed by atoms with Crippen molar-refractivity contribution in [3.05, 3.63) is 320 Å². The van der Waals surface area contributed by atoms with E-state index in [4.69, 9.17) is 0 Å². The molecule has 0 aliphatic rings. The first kappa shape index (κ1) is 54.3. The number of benzene rings is 16. The van der Waals surface area contributed by atoms with Crippen LogP contribution in [-0.2, 0) is 0 Å². The van der Waals surface area contributed by atoms with E-state index < -0.39 is 0 Å². The molecule has 4 nitrogen and oxygen atoms in total. The van der Waals surface area contributed by atoms with Crippen LogP contribution in [0.5, 0.6) is 0 Å². The highest BCUT2D eigenvalue weighted by Crippen LogP contribution is 2.50. The lowest BCUT2D eigenvalue weighted by atomic mass is 9.98. The molecule has 7 heteroatoms. The molecule has 0 aliphatic heterocycles. The Bertz CT molecular complexity index is 6920. The lowest BCUT2D eigenvalue weighted by Gasteiger charge is -2.13. The summed E-state index contributed by atoms with van der Waals surface area (Å²) in [4.78, 5) is 3.81. The number of aromatic amines is 1. The van der Waals surface area contributed by atoms with Gasteiger partial charge in [0.05, 0.1) is 38.6 Å². The van der Waals surface area contributed by atoms with Gasteiger partial charge in [0, 0.05) is 121 Å². The monoisotopic (exact) mass is 1310 g/mol. The minimum atomic E-state index is 1.15. The molecule has 0 spiro atoms. The van der Waals surface area contributed by atoms with Gasteiger partial charge in [0.1, 0.15) is 0 Å². The maximum Gasteiger partial charge on any atom is 0.0647 e. The van der Waals surface area contributed by atoms with Crippen molar-refractivity contribution in [3.63, 3.8) is 0 Å². The van der Waals surface area contributed by atoms with E-state index >= 15 is 0 Å². The molecule has 0 amide bonds. The topological polar surface area (TPSA) is 30.6 Å². The zero-order valence-corrected chi connectivity index (χ0v) is 54.3. The Balaban J connectivity index is 0.000000112. The molecule has 6 heterocycles. The summed E-state index contributed by atoms with van der Waals surface area (Å²) in [5.74, 6) is 0. The minimum absolute atomic E-state index is 1.15. The van der Waals surface area contributed by atoms with E-state index in [2.05, 4.69) is 350 Å². The number of thiophene rings is 2. The molecule has 22 aromatic rings. The van der Waals surface area contributed by atoms with Gasteiger partial charge in [-0.1, -0.05) is 234 Å². The van der Waals surface area contributed by atoms with Crippen LogP contribution < -0.4 is 0 Å². The Labute approximate surface area is 560 Å². The summed E-state index contributed by atoms with van der Waals surface area (Å²) < 4.78 is 14.0. The predicted molar refractivity (Wildman–Crippen MR) is 415 cm³/mol. The van der Waals surface area contributed by atoms with Gasteiger partial charge >= 0.3 is 0 Å². The van der Waals surface area contributed by atoms with Crippen LogP contribution in [0, 0.1) is 0 Å². The molecule has 1 N–H and O–H groups in total. The molecule has 0 saturated carbocycles. The normalized spacial score (nSPS) is 12.1. The average Bonchev–Trinajstić information content (AvgIpc) is 1.54. The quantitative estimate of drug-likeness (QED) is 0.183. The zero-order chi connectivity index (χ0) is 62.4. The standard InChI is InChI=1S/C44H26N2S.C32H20N2.C12H7BrS/c1-2-14-29(15-3-1)45-37-20-10-8-19-35(37)41-33-17-6-7-18-34(33)43-42(44(41)45)36-24-27-12-4-5-13-28(27)25-38(36)46(43)30-22-23-32-31-16-9-11-21-39(31)47-40(32)26-30;1-2-12-22(13-3-1)34-28-17-9-8-16-25(28)29-23-14-6-7-15-24(23)31-30(32(29)34)26-18-20-10-4-5-11-21(20)19-27(26)33-31;13-8-5-6-10-9-3-1-2-4-11(9)14-12(10)7-8/h1-26H;1-19,33H;1-7H. The molecule has 0 fully saturated rings. The van der Waals surface area contributed by atoms with Crippen LogP contribution >= 0.6 is 38.6 Å². The second kappa shape index (κ2) is 21.4. The third-order valence-corrected chi connectivity index (χ3v) is 22.4. The van der Waals surface area contributed by atoms with Crippen molar-refractivity contribution in [1.29, 1.82) is 0 Å². The smallest absolute Gasteiger partial charge is 0.0647 e. The Kier molecular flexibility index (Phi) is 12.2. The van der Waals surface area contributed by atoms with E-state index in [1.54, 1.807) is 0 Å². The van der Waals surface area contributed by atoms with E-state index in [9.17, 15) is 0 Å². The van der Waals surface area contributed by atoms with Crippen molar-refractivity contribution in [2.75, 3.05) is 0 Å². The fourth-order valence-corrected chi connectivity index (χ4v) is 18.4. The fraction of sp³-hybridized carbons (Fsp3) is 0. The summed E-state index contributed by atoms with van der Waals surface area (Å²) >= 11 is 7.22. The second-order valence-electron chi connectivity index (χ2n) is 24.8. The molecule has 0 atom stereocenters. The summed E-state index contributed by atoms with van der Waals surface area (Å²) in [5.41, 5.74) is 13.4. The number of halogens is 1. The van der Waals surface area contributed by atoms with Crippen LogP contribution in [0.15, 0.2) is 320 Å². The van der Waals surface area contributed by atoms with Crippen LogP contribution in [0.25, 0.3) is 188 Å². The van der Waals surface area contributed by atoms with E-state index in [1.807, 2.05) is 22.7 Å². The molecule has 95 heavy (non-hydrogen) atoms. The van der Waals surface area contributed by atoms with Gasteiger partial charge in [0.15, 0.2) is 0 Å². The number of H-pyrrole nitrogens is 1. The van der Waals surface area contributed by atoms with Crippen molar-refractivity contribution < 1.29 is 0 Å². The number of aromatic nitrogens is 4. The maximum atomic E-state index is 3.81. The number of fused-ring (bicyclic) bond motifs is 28. The van der Waals surface area contributed by atoms with Gasteiger partial charge in [0.25, 0.3) is 0 Å². The first-order valence-electron chi connectivity index (χ1n) is 32.2. The molecule has 22 rings (SSSR count). The van der Waals surface area contributed by atoms with Crippen LogP contribution in [0.1, 0.15) is 0 Å². The van der Waals surface area contributed by atoms with Gasteiger partial charge in [-0.3, -0.25) is 0 Å². The van der Waals surface area contributed by atoms with Gasteiger partial charge < -0.3 is 18.7 Å². The van der Waals surface area contributed by atoms with Gasteiger partial charge in [-0.25, -0.2) is 0 Å². The largest absolute Gasteiger partial charge is 0.354 e. The Hall–Kier alpha value is -11.3. The molecule has 16 aromatic carbocycles. The van der Waals surface area contributed by atoms with Crippen molar-refractivity contribution >= 4 is 209 Å². The Morgan fingerprint density at radius 2 is 0.663 bits per heavy atom. The summed E-state index contributed by atoms with van der Waals surface area (Å²) in [6.45, 7) is 0. The second-order valence-corrected chi connectivity index (χ2v) is 27.9. The summed E-state index contributed by atoms with van der Waals surface area (Å²) in [6.07, 6.45) is 0. The van der Waals surface area contributed by atoms with Gasteiger partial charge in [-0.05, 0) is 129 Å². The van der Waals surface area contributed by atoms with Crippen LogP contribution in [0.2, 0.25) is 0 Å². The summed E-state index contributed by atoms with van der Waals surface area (Å²) in [6, 6.07) is 115. The summed E-state index contributed by atoms with van der Waals surface area (Å²) in [5, 5.41) is 25.8. The SMILES string of the molecule is Brc1ccc2c(c1)sc1ccccc12.c1ccc(-n2c3ccccc3c3c4ccccc4c4[nH]c5cc6ccccc6cc5c4c32)cc1.c1ccc(-n2c3ccccc3c3c4ccccc4c4c(c5cc6ccccc6cc5n4-c4ccc5c(c4)sc4ccccc45)c32)cc1. The van der Waals surface area contributed by atoms with Crippen molar-refractivity contribution in [2.45, 2.75) is 0 Å². The zero-order valence-electron chi connectivity index (χ0n) is 51.1. The number of nitrogens with one attached hydrogen (secondary N) is 1. The van der Waals surface area contributed by atoms with E-state index in [-0.39, 0.29) is 0 Å². The van der Waals surface area contributed by atoms with Crippen LogP contribution in [-0.4, -0.2) is 18.7 Å². The molecule has 6 aromatic heterocycles. The molecular weight excluding hydrogens is 1260 g/mol. The lowest BCUT2D eigenvalue weighted by molar-refractivity contribution is 1.18. The Morgan fingerprint density at radius 1 is 0.242 bits per heavy atom. The van der Waals surface area contributed by atoms with E-state index in [0.29, 0.717) is 0 Å². The summed E-state index contributed by atoms with van der Waals surface area (Å²) in [7, 11) is 0. The van der Waals surface area contributed by atoms with E-state index in [0.717, 1.165) is 4.47 Å². The Morgan fingerprint density at radius 3 is 1.26 bits per heavy atom. The number of nitrogens with zero attached hydrogens (tertiary/aromatic N) is 3. The lowest BCUT2D eigenvalue weighted by Crippen LogP contribution is -1.96. The number of hydrogen-bond donors (Lipinski definition) is 1. The number of para-hydroxylation sites is 4. The highest BCUT2D eigenvalue weighted by molar-refractivity contribution is 9.10. The van der Waals surface area contributed by atoms with Crippen molar-refractivity contribution in [2.24, 2.45) is 0 Å². The number of rotatable bonds is 3. The van der Waals surface area contributed by atoms with Gasteiger partial charge in [-0.15, -0.1) is 22.7 Å². The highest BCUT2D eigenvalue weighted by Gasteiger charge is 2.26. The highest BCUT2D eigenvalue weighted by atomic mass is 79.9. The van der Waals surface area contributed by atoms with Gasteiger partial charge in [0.2, 0.25) is 0 Å². The van der Waals surface area contributed by atoms with Gasteiger partial charge in [-0.2, -0.15) is 0 Å². The van der Waals surface area contributed by atoms with Crippen molar-refractivity contribution in [1.82, 2.24) is 18.7 Å². The third-order valence-electron chi connectivity index (χ3n) is 19.6. The van der Waals surface area contributed by atoms with E-state index in [1.165, 1.54) is 188 Å². The fourth-order valence-electron chi connectivity index (χ4n) is 15.6. The first-order chi connectivity index (χ1) is 47.1. The predicted octanol–water partition coefficient (Wildman–Crippen LogP) is 26.1. The molecule has 0 radical (unpaired) electrons. The molecular formula is C88H53BrN4S2. The minimum Gasteiger partial charge on any atom is -0.354 e. The molecule has 0 unspecified atom stereocenters. The number of hydrogen-bond acceptors (Lipinski definition) is 2. The first-order valence-corrected chi connectivity index (χ1v) is 34.7. The molecule has 0 saturated heterocycles. The molecule has 444 valence electrons. The third kappa shape index (κ3) is 8.30. The maximum absolute atomic E-state index is 3.81. The van der Waals surface area contributed by atoms with Crippen LogP contribution in [0.3, 0.4) is 0 Å². The van der Waals surface area contributed by atoms with Crippen LogP contribution in [0.4, 0.5) is 0 Å². The molecule has 0 bridgehead atoms. The van der Waals surface area contributed by atoms with Crippen molar-refractivity contribution in [3.8, 4) is 17.1 Å². The molecule has 0 aliphatic carbocycles.